The van der Waals surface area contributed by atoms with Crippen molar-refractivity contribution in [3.63, 3.8) is 0 Å². The van der Waals surface area contributed by atoms with E-state index in [4.69, 9.17) is 15.4 Å². The zero-order chi connectivity index (χ0) is 30.8. The van der Waals surface area contributed by atoms with E-state index in [0.717, 1.165) is 49.5 Å². The number of β-amino-alcohol motifs (C(OH)–C–C–N with tert-alkyl or cyclic N) is 1. The van der Waals surface area contributed by atoms with Crippen LogP contribution < -0.4 is 11.1 Å². The van der Waals surface area contributed by atoms with Gasteiger partial charge in [-0.2, -0.15) is 5.10 Å². The molecule has 1 amide bonds. The highest BCUT2D eigenvalue weighted by molar-refractivity contribution is 5.99. The lowest BCUT2D eigenvalue weighted by Crippen LogP contribution is -2.34. The molecule has 1 fully saturated rings. The van der Waals surface area contributed by atoms with Crippen LogP contribution in [0.1, 0.15) is 56.5 Å². The lowest BCUT2D eigenvalue weighted by Gasteiger charge is -2.31. The van der Waals surface area contributed by atoms with Gasteiger partial charge in [0.05, 0.1) is 29.8 Å². The van der Waals surface area contributed by atoms with E-state index >= 15 is 0 Å². The minimum Gasteiger partial charge on any atom is -0.395 e. The van der Waals surface area contributed by atoms with Gasteiger partial charge in [0.1, 0.15) is 23.6 Å². The van der Waals surface area contributed by atoms with E-state index in [1.54, 1.807) is 4.68 Å². The molecule has 1 aliphatic rings. The topological polar surface area (TPSA) is 148 Å². The molecule has 0 unspecified atom stereocenters. The van der Waals surface area contributed by atoms with Gasteiger partial charge >= 0.3 is 0 Å². The number of nitrogens with two attached hydrogens (primary N) is 1. The number of aromatic nitrogens is 5. The highest BCUT2D eigenvalue weighted by Crippen LogP contribution is 2.34. The van der Waals surface area contributed by atoms with Gasteiger partial charge in [-0.25, -0.2) is 14.6 Å². The zero-order valence-electron chi connectivity index (χ0n) is 25.3. The van der Waals surface area contributed by atoms with Crippen molar-refractivity contribution in [2.75, 3.05) is 37.3 Å². The van der Waals surface area contributed by atoms with Crippen molar-refractivity contribution < 1.29 is 14.4 Å². The average Bonchev–Trinajstić information content (AvgIpc) is 3.65. The first-order chi connectivity index (χ1) is 21.2. The van der Waals surface area contributed by atoms with Crippen LogP contribution in [0.4, 0.5) is 11.5 Å². The highest BCUT2D eigenvalue weighted by atomic mass is 16.5. The molecular weight excluding hydrogens is 556 g/mol. The number of benzene rings is 2. The number of nitrogens with one attached hydrogen (secondary N) is 1. The van der Waals surface area contributed by atoms with Crippen LogP contribution in [-0.2, 0) is 16.6 Å². The molecule has 0 radical (unpaired) electrons. The molecule has 11 heteroatoms. The van der Waals surface area contributed by atoms with Crippen LogP contribution in [0.2, 0.25) is 0 Å². The minimum absolute atomic E-state index is 0.117. The molecule has 228 valence electrons. The number of aliphatic hydroxyl groups excluding tert-OH is 1. The third-order valence-corrected chi connectivity index (χ3v) is 8.19. The maximum atomic E-state index is 12.7. The fraction of sp³-hybridized carbons (Fsp3) is 0.364. The Bertz CT molecular complexity index is 1740. The lowest BCUT2D eigenvalue weighted by molar-refractivity contribution is -0.115. The number of likely N-dealkylation sites (tertiary alicyclic amines) is 1. The van der Waals surface area contributed by atoms with Crippen LogP contribution >= 0.6 is 0 Å². The number of amides is 1. The van der Waals surface area contributed by atoms with Crippen LogP contribution in [0.3, 0.4) is 0 Å². The van der Waals surface area contributed by atoms with Crippen molar-refractivity contribution in [1.29, 1.82) is 0 Å². The number of anilines is 2. The van der Waals surface area contributed by atoms with Crippen LogP contribution in [0.5, 0.6) is 0 Å². The Hall–Kier alpha value is -4.61. The van der Waals surface area contributed by atoms with E-state index in [9.17, 15) is 9.90 Å². The summed E-state index contributed by atoms with van der Waals surface area (Å²) in [5.74, 6) is 1.42. The maximum Gasteiger partial charge on any atom is 0.230 e. The minimum atomic E-state index is -0.182. The standard InChI is InChI=1S/C33H38N8O3/c1-33(2,3)27-18-25(39-44-27)19-28(43)37-24-8-10-26(11-9-24)41-32-29(31(34)35-20-36-32)30(38-41)23-6-4-21(5-7-23)22-12-14-40(15-13-22)16-17-42/h4-11,18,20,22,42H,12-17,19H2,1-3H3,(H,37,43)(H2,34,35,36). The van der Waals surface area contributed by atoms with Crippen molar-refractivity contribution in [3.8, 4) is 16.9 Å². The Kier molecular flexibility index (Phi) is 8.15. The van der Waals surface area contributed by atoms with Gasteiger partial charge in [0, 0.05) is 29.3 Å². The smallest absolute Gasteiger partial charge is 0.230 e. The van der Waals surface area contributed by atoms with Gasteiger partial charge in [0.2, 0.25) is 5.91 Å². The fourth-order valence-corrected chi connectivity index (χ4v) is 5.71. The molecule has 0 saturated carbocycles. The molecule has 4 heterocycles. The Morgan fingerprint density at radius 1 is 1.07 bits per heavy atom. The molecular formula is C33H38N8O3. The number of hydrogen-bond donors (Lipinski definition) is 3. The second-order valence-corrected chi connectivity index (χ2v) is 12.4. The Morgan fingerprint density at radius 3 is 2.45 bits per heavy atom. The molecule has 3 aromatic heterocycles. The van der Waals surface area contributed by atoms with Crippen LogP contribution in [0.15, 0.2) is 65.4 Å². The van der Waals surface area contributed by atoms with Crippen molar-refractivity contribution in [1.82, 2.24) is 29.8 Å². The third-order valence-electron chi connectivity index (χ3n) is 8.19. The van der Waals surface area contributed by atoms with E-state index in [-0.39, 0.29) is 24.3 Å². The highest BCUT2D eigenvalue weighted by Gasteiger charge is 2.23. The maximum absolute atomic E-state index is 12.7. The van der Waals surface area contributed by atoms with Gasteiger partial charge < -0.3 is 25.6 Å². The largest absolute Gasteiger partial charge is 0.395 e. The number of carbonyl (C=O) groups is 1. The summed E-state index contributed by atoms with van der Waals surface area (Å²) in [5, 5.41) is 21.8. The molecule has 44 heavy (non-hydrogen) atoms. The molecule has 2 aromatic carbocycles. The molecule has 1 saturated heterocycles. The summed E-state index contributed by atoms with van der Waals surface area (Å²) in [6, 6.07) is 17.8. The Balaban J connectivity index is 1.19. The van der Waals surface area contributed by atoms with Crippen LogP contribution in [0.25, 0.3) is 28.0 Å². The first kappa shape index (κ1) is 29.5. The quantitative estimate of drug-likeness (QED) is 0.232. The summed E-state index contributed by atoms with van der Waals surface area (Å²) < 4.78 is 7.15. The summed E-state index contributed by atoms with van der Waals surface area (Å²) in [6.45, 7) is 9.05. The zero-order valence-corrected chi connectivity index (χ0v) is 25.3. The number of nitrogen functional groups attached to an aromatic ring is 1. The molecule has 4 N–H and O–H groups in total. The fourth-order valence-electron chi connectivity index (χ4n) is 5.71. The van der Waals surface area contributed by atoms with Gasteiger partial charge in [-0.1, -0.05) is 50.2 Å². The van der Waals surface area contributed by atoms with Crippen LogP contribution in [0, 0.1) is 0 Å². The second kappa shape index (κ2) is 12.2. The van der Waals surface area contributed by atoms with Crippen molar-refractivity contribution in [2.45, 2.75) is 51.4 Å². The first-order valence-electron chi connectivity index (χ1n) is 15.0. The number of rotatable bonds is 8. The van der Waals surface area contributed by atoms with Gasteiger partial charge in [-0.05, 0) is 61.7 Å². The van der Waals surface area contributed by atoms with Crippen molar-refractivity contribution in [3.05, 3.63) is 77.9 Å². The summed E-state index contributed by atoms with van der Waals surface area (Å²) in [5.41, 5.74) is 11.7. The molecule has 6 rings (SSSR count). The lowest BCUT2D eigenvalue weighted by atomic mass is 9.89. The van der Waals surface area contributed by atoms with Crippen molar-refractivity contribution in [2.24, 2.45) is 0 Å². The molecule has 0 bridgehead atoms. The van der Waals surface area contributed by atoms with Crippen molar-refractivity contribution >= 4 is 28.4 Å². The van der Waals surface area contributed by atoms with E-state index in [2.05, 4.69) is 49.6 Å². The van der Waals surface area contributed by atoms with E-state index in [1.807, 2.05) is 51.1 Å². The van der Waals surface area contributed by atoms with Gasteiger partial charge in [-0.15, -0.1) is 0 Å². The molecule has 0 spiro atoms. The number of fused-ring (bicyclic) bond motifs is 1. The SMILES string of the molecule is CC(C)(C)c1cc(CC(=O)Nc2ccc(-n3nc(-c4ccc(C5CCN(CCO)CC5)cc4)c4c(N)ncnc43)cc2)no1. The Labute approximate surface area is 256 Å². The van der Waals surface area contributed by atoms with E-state index in [0.29, 0.717) is 39.8 Å². The first-order valence-corrected chi connectivity index (χ1v) is 15.0. The second-order valence-electron chi connectivity index (χ2n) is 12.4. The number of aliphatic hydroxyl groups is 1. The number of nitrogens with zero attached hydrogens (tertiary/aromatic N) is 6. The van der Waals surface area contributed by atoms with Gasteiger partial charge in [0.15, 0.2) is 5.65 Å². The summed E-state index contributed by atoms with van der Waals surface area (Å²) in [7, 11) is 0. The van der Waals surface area contributed by atoms with E-state index in [1.165, 1.54) is 11.9 Å². The average molecular weight is 595 g/mol. The monoisotopic (exact) mass is 594 g/mol. The third kappa shape index (κ3) is 6.20. The summed E-state index contributed by atoms with van der Waals surface area (Å²) in [6.07, 6.45) is 3.71. The summed E-state index contributed by atoms with van der Waals surface area (Å²) >= 11 is 0. The van der Waals surface area contributed by atoms with Gasteiger partial charge in [-0.3, -0.25) is 4.79 Å². The predicted octanol–water partition coefficient (Wildman–Crippen LogP) is 4.70. The number of hydrogen-bond acceptors (Lipinski definition) is 9. The summed E-state index contributed by atoms with van der Waals surface area (Å²) in [4.78, 5) is 23.8. The Morgan fingerprint density at radius 2 is 1.80 bits per heavy atom. The predicted molar refractivity (Wildman–Crippen MR) is 170 cm³/mol. The van der Waals surface area contributed by atoms with Crippen LogP contribution in [-0.4, -0.2) is 67.1 Å². The molecule has 11 nitrogen and oxygen atoms in total. The molecule has 0 atom stereocenters. The molecule has 5 aromatic rings. The number of carbonyl (C=O) groups excluding carboxylic acids is 1. The van der Waals surface area contributed by atoms with Gasteiger partial charge in [0.25, 0.3) is 0 Å². The molecule has 1 aliphatic heterocycles. The number of piperidine rings is 1. The molecule has 0 aliphatic carbocycles. The van der Waals surface area contributed by atoms with E-state index < -0.39 is 0 Å². The normalized spacial score (nSPS) is 14.7.